The number of hydrogen-bond acceptors (Lipinski definition) is 4. The molecule has 2 rings (SSSR count). The number of nitrogens with zero attached hydrogens (tertiary/aromatic N) is 1. The molecule has 26 heavy (non-hydrogen) atoms. The van der Waals surface area contributed by atoms with Crippen molar-refractivity contribution >= 4 is 29.1 Å². The molecule has 0 aliphatic rings. The molecule has 6 nitrogen and oxygen atoms in total. The second kappa shape index (κ2) is 9.10. The Bertz CT molecular complexity index is 773. The summed E-state index contributed by atoms with van der Waals surface area (Å²) in [6.45, 7) is 2.07. The van der Waals surface area contributed by atoms with E-state index in [0.29, 0.717) is 34.3 Å². The van der Waals surface area contributed by atoms with E-state index in [0.717, 1.165) is 0 Å². The molecule has 0 unspecified atom stereocenters. The Morgan fingerprint density at radius 1 is 1.08 bits per heavy atom. The molecule has 0 saturated heterocycles. The summed E-state index contributed by atoms with van der Waals surface area (Å²) in [7, 11) is 3.04. The summed E-state index contributed by atoms with van der Waals surface area (Å²) in [4.78, 5) is 25.8. The standard InChI is InChI=1S/C19H21ClN2O4/c1-13(23)22(16-6-4-5-15(20)11-16)8-7-21-19(24)14-9-17(25-2)12-18(10-14)26-3/h4-6,9-12H,7-8H2,1-3H3,(H,21,24). The molecule has 0 bridgehead atoms. The summed E-state index contributed by atoms with van der Waals surface area (Å²) in [6.07, 6.45) is 0. The monoisotopic (exact) mass is 376 g/mol. The van der Waals surface area contributed by atoms with E-state index in [-0.39, 0.29) is 18.4 Å². The predicted molar refractivity (Wildman–Crippen MR) is 101 cm³/mol. The van der Waals surface area contributed by atoms with Crippen molar-refractivity contribution in [3.8, 4) is 11.5 Å². The molecule has 0 fully saturated rings. The van der Waals surface area contributed by atoms with Gasteiger partial charge in [0.05, 0.1) is 14.2 Å². The maximum Gasteiger partial charge on any atom is 0.251 e. The van der Waals surface area contributed by atoms with Gasteiger partial charge in [0.1, 0.15) is 11.5 Å². The van der Waals surface area contributed by atoms with E-state index in [2.05, 4.69) is 5.32 Å². The fourth-order valence-electron chi connectivity index (χ4n) is 2.43. The van der Waals surface area contributed by atoms with Gasteiger partial charge in [-0.1, -0.05) is 17.7 Å². The highest BCUT2D eigenvalue weighted by molar-refractivity contribution is 6.30. The predicted octanol–water partition coefficient (Wildman–Crippen LogP) is 3.14. The topological polar surface area (TPSA) is 67.9 Å². The molecule has 2 aromatic rings. The zero-order valence-electron chi connectivity index (χ0n) is 14.9. The second-order valence-corrected chi connectivity index (χ2v) is 5.94. The highest BCUT2D eigenvalue weighted by atomic mass is 35.5. The zero-order chi connectivity index (χ0) is 19.1. The Kier molecular flexibility index (Phi) is 6.86. The first-order chi connectivity index (χ1) is 12.4. The number of rotatable bonds is 7. The van der Waals surface area contributed by atoms with Crippen molar-refractivity contribution in [1.29, 1.82) is 0 Å². The quantitative estimate of drug-likeness (QED) is 0.806. The van der Waals surface area contributed by atoms with Crippen LogP contribution in [0.1, 0.15) is 17.3 Å². The lowest BCUT2D eigenvalue weighted by Gasteiger charge is -2.21. The fraction of sp³-hybridized carbons (Fsp3) is 0.263. The van der Waals surface area contributed by atoms with E-state index in [1.165, 1.54) is 21.1 Å². The molecule has 0 saturated carbocycles. The first-order valence-corrected chi connectivity index (χ1v) is 8.37. The van der Waals surface area contributed by atoms with E-state index in [1.54, 1.807) is 47.4 Å². The number of methoxy groups -OCH3 is 2. The van der Waals surface area contributed by atoms with Crippen LogP contribution >= 0.6 is 11.6 Å². The number of nitrogens with one attached hydrogen (secondary N) is 1. The summed E-state index contributed by atoms with van der Waals surface area (Å²) < 4.78 is 10.3. The molecule has 0 spiro atoms. The summed E-state index contributed by atoms with van der Waals surface area (Å²) in [5.74, 6) is 0.638. The third-order valence-electron chi connectivity index (χ3n) is 3.73. The second-order valence-electron chi connectivity index (χ2n) is 5.51. The van der Waals surface area contributed by atoms with Crippen molar-refractivity contribution in [3.63, 3.8) is 0 Å². The minimum atomic E-state index is -0.281. The average Bonchev–Trinajstić information content (AvgIpc) is 2.64. The number of ether oxygens (including phenoxy) is 2. The van der Waals surface area contributed by atoms with Crippen LogP contribution in [0.2, 0.25) is 5.02 Å². The van der Waals surface area contributed by atoms with Crippen LogP contribution in [0.5, 0.6) is 11.5 Å². The van der Waals surface area contributed by atoms with Crippen LogP contribution in [0.25, 0.3) is 0 Å². The van der Waals surface area contributed by atoms with Crippen LogP contribution in [0, 0.1) is 0 Å². The highest BCUT2D eigenvalue weighted by Crippen LogP contribution is 2.22. The lowest BCUT2D eigenvalue weighted by molar-refractivity contribution is -0.116. The van der Waals surface area contributed by atoms with E-state index >= 15 is 0 Å². The molecule has 7 heteroatoms. The Morgan fingerprint density at radius 2 is 1.73 bits per heavy atom. The molecule has 0 atom stereocenters. The van der Waals surface area contributed by atoms with Crippen molar-refractivity contribution < 1.29 is 19.1 Å². The number of halogens is 1. The van der Waals surface area contributed by atoms with Gasteiger partial charge in [-0.05, 0) is 30.3 Å². The van der Waals surface area contributed by atoms with Gasteiger partial charge in [-0.3, -0.25) is 9.59 Å². The molecular weight excluding hydrogens is 356 g/mol. The van der Waals surface area contributed by atoms with Gasteiger partial charge < -0.3 is 19.7 Å². The third kappa shape index (κ3) is 5.13. The first kappa shape index (κ1) is 19.6. The molecular formula is C19H21ClN2O4. The molecule has 2 aromatic carbocycles. The SMILES string of the molecule is COc1cc(OC)cc(C(=O)NCCN(C(C)=O)c2cccc(Cl)c2)c1. The maximum atomic E-state index is 12.4. The molecule has 1 N–H and O–H groups in total. The van der Waals surface area contributed by atoms with Crippen LogP contribution in [0.15, 0.2) is 42.5 Å². The summed E-state index contributed by atoms with van der Waals surface area (Å²) >= 11 is 5.98. The Morgan fingerprint density at radius 3 is 2.27 bits per heavy atom. The number of hydrogen-bond donors (Lipinski definition) is 1. The molecule has 138 valence electrons. The number of carbonyl (C=O) groups is 2. The Labute approximate surface area is 157 Å². The number of anilines is 1. The first-order valence-electron chi connectivity index (χ1n) is 7.99. The average molecular weight is 377 g/mol. The molecule has 0 aliphatic heterocycles. The zero-order valence-corrected chi connectivity index (χ0v) is 15.7. The number of benzene rings is 2. The Balaban J connectivity index is 2.03. The lowest BCUT2D eigenvalue weighted by Crippen LogP contribution is -2.37. The minimum Gasteiger partial charge on any atom is -0.497 e. The van der Waals surface area contributed by atoms with Gasteiger partial charge >= 0.3 is 0 Å². The Hall–Kier alpha value is -2.73. The van der Waals surface area contributed by atoms with Gasteiger partial charge in [0.2, 0.25) is 5.91 Å². The van der Waals surface area contributed by atoms with Gasteiger partial charge in [-0.2, -0.15) is 0 Å². The van der Waals surface area contributed by atoms with Gasteiger partial charge in [0.15, 0.2) is 0 Å². The van der Waals surface area contributed by atoms with E-state index in [9.17, 15) is 9.59 Å². The summed E-state index contributed by atoms with van der Waals surface area (Å²) in [5.41, 5.74) is 1.10. The maximum absolute atomic E-state index is 12.4. The minimum absolute atomic E-state index is 0.135. The van der Waals surface area contributed by atoms with Gasteiger partial charge in [-0.15, -0.1) is 0 Å². The van der Waals surface area contributed by atoms with Gasteiger partial charge in [0, 0.05) is 42.4 Å². The lowest BCUT2D eigenvalue weighted by atomic mass is 10.2. The van der Waals surface area contributed by atoms with Crippen LogP contribution in [-0.4, -0.2) is 39.1 Å². The van der Waals surface area contributed by atoms with Crippen LogP contribution in [0.3, 0.4) is 0 Å². The summed E-state index contributed by atoms with van der Waals surface area (Å²) in [5, 5.41) is 3.34. The number of amides is 2. The smallest absolute Gasteiger partial charge is 0.251 e. The molecule has 0 aliphatic carbocycles. The van der Waals surface area contributed by atoms with Crippen molar-refractivity contribution in [1.82, 2.24) is 5.32 Å². The van der Waals surface area contributed by atoms with E-state index < -0.39 is 0 Å². The largest absolute Gasteiger partial charge is 0.497 e. The fourth-order valence-corrected chi connectivity index (χ4v) is 2.62. The van der Waals surface area contributed by atoms with E-state index in [4.69, 9.17) is 21.1 Å². The van der Waals surface area contributed by atoms with Crippen molar-refractivity contribution in [2.45, 2.75) is 6.92 Å². The molecule has 0 heterocycles. The third-order valence-corrected chi connectivity index (χ3v) is 3.97. The number of carbonyl (C=O) groups excluding carboxylic acids is 2. The van der Waals surface area contributed by atoms with Gasteiger partial charge in [-0.25, -0.2) is 0 Å². The summed E-state index contributed by atoms with van der Waals surface area (Å²) in [6, 6.07) is 11.9. The van der Waals surface area contributed by atoms with Gasteiger partial charge in [0.25, 0.3) is 5.91 Å². The molecule has 0 aromatic heterocycles. The van der Waals surface area contributed by atoms with Crippen LogP contribution < -0.4 is 19.7 Å². The van der Waals surface area contributed by atoms with Crippen LogP contribution in [0.4, 0.5) is 5.69 Å². The highest BCUT2D eigenvalue weighted by Gasteiger charge is 2.14. The molecule has 2 amide bonds. The van der Waals surface area contributed by atoms with Crippen molar-refractivity contribution in [2.75, 3.05) is 32.2 Å². The van der Waals surface area contributed by atoms with Crippen molar-refractivity contribution in [3.05, 3.63) is 53.1 Å². The van der Waals surface area contributed by atoms with E-state index in [1.807, 2.05) is 0 Å². The van der Waals surface area contributed by atoms with Crippen molar-refractivity contribution in [2.24, 2.45) is 0 Å². The van der Waals surface area contributed by atoms with Crippen LogP contribution in [-0.2, 0) is 4.79 Å². The normalized spacial score (nSPS) is 10.2. The molecule has 0 radical (unpaired) electrons.